The van der Waals surface area contributed by atoms with Gasteiger partial charge in [0.25, 0.3) is 0 Å². The molecular weight excluding hydrogens is 170 g/mol. The van der Waals surface area contributed by atoms with Crippen LogP contribution in [0.5, 0.6) is 0 Å². The molecule has 0 atom stereocenters. The summed E-state index contributed by atoms with van der Waals surface area (Å²) in [5, 5.41) is 0. The Kier molecular flexibility index (Phi) is 11.0. The van der Waals surface area contributed by atoms with Gasteiger partial charge in [0.15, 0.2) is 0 Å². The van der Waals surface area contributed by atoms with Crippen LogP contribution in [0.1, 0.15) is 71.6 Å². The molecule has 0 aliphatic heterocycles. The Hall–Kier alpha value is -0.0400. The van der Waals surface area contributed by atoms with Crippen LogP contribution < -0.4 is 5.73 Å². The lowest BCUT2D eigenvalue weighted by molar-refractivity contribution is 0.391. The molecule has 0 heterocycles. The fraction of sp³-hybridized carbons (Fsp3) is 1.00. The van der Waals surface area contributed by atoms with Crippen molar-refractivity contribution in [1.29, 1.82) is 0 Å². The van der Waals surface area contributed by atoms with Crippen LogP contribution in [-0.2, 0) is 0 Å². The van der Waals surface area contributed by atoms with Crippen LogP contribution in [0.2, 0.25) is 0 Å². The predicted octanol–water partition coefficient (Wildman–Crippen LogP) is 4.11. The predicted molar refractivity (Wildman–Crippen MR) is 65.4 cm³/mol. The van der Waals surface area contributed by atoms with Crippen molar-refractivity contribution in [2.45, 2.75) is 71.6 Å². The maximum absolute atomic E-state index is 5.64. The molecule has 0 fully saturated rings. The number of rotatable bonds is 10. The maximum atomic E-state index is 5.64. The zero-order valence-corrected chi connectivity index (χ0v) is 10.2. The highest BCUT2D eigenvalue weighted by Crippen LogP contribution is 2.20. The molecule has 0 bridgehead atoms. The van der Waals surface area contributed by atoms with E-state index in [2.05, 4.69) is 13.8 Å². The molecular formula is C13H29N. The normalized spacial score (nSPS) is 11.1. The minimum Gasteiger partial charge on any atom is -0.330 e. The molecule has 2 N–H and O–H groups in total. The van der Waals surface area contributed by atoms with Crippen LogP contribution in [0.3, 0.4) is 0 Å². The molecule has 0 aromatic heterocycles. The molecule has 0 saturated carbocycles. The first kappa shape index (κ1) is 14.0. The molecule has 1 heteroatoms. The number of nitrogens with two attached hydrogens (primary N) is 1. The highest BCUT2D eigenvalue weighted by Gasteiger charge is 2.06. The molecule has 0 rings (SSSR count). The van der Waals surface area contributed by atoms with Crippen LogP contribution in [-0.4, -0.2) is 6.54 Å². The van der Waals surface area contributed by atoms with Gasteiger partial charge in [-0.15, -0.1) is 0 Å². The van der Waals surface area contributed by atoms with E-state index in [4.69, 9.17) is 5.73 Å². The van der Waals surface area contributed by atoms with Crippen molar-refractivity contribution in [2.75, 3.05) is 6.54 Å². The molecule has 1 nitrogen and oxygen atoms in total. The van der Waals surface area contributed by atoms with E-state index in [0.717, 1.165) is 12.5 Å². The first-order chi connectivity index (χ1) is 6.85. The lowest BCUT2D eigenvalue weighted by Gasteiger charge is -2.15. The molecule has 0 unspecified atom stereocenters. The van der Waals surface area contributed by atoms with E-state index >= 15 is 0 Å². The van der Waals surface area contributed by atoms with Crippen molar-refractivity contribution in [1.82, 2.24) is 0 Å². The van der Waals surface area contributed by atoms with Gasteiger partial charge in [0, 0.05) is 0 Å². The molecule has 0 amide bonds. The summed E-state index contributed by atoms with van der Waals surface area (Å²) in [6.45, 7) is 5.42. The minimum absolute atomic E-state index is 0.878. The van der Waals surface area contributed by atoms with Gasteiger partial charge in [-0.05, 0) is 18.9 Å². The molecule has 0 aromatic rings. The highest BCUT2D eigenvalue weighted by atomic mass is 14.5. The van der Waals surface area contributed by atoms with Crippen molar-refractivity contribution < 1.29 is 0 Å². The first-order valence-corrected chi connectivity index (χ1v) is 6.55. The van der Waals surface area contributed by atoms with Gasteiger partial charge in [-0.2, -0.15) is 0 Å². The number of hydrogen-bond donors (Lipinski definition) is 1. The largest absolute Gasteiger partial charge is 0.330 e. The highest BCUT2D eigenvalue weighted by molar-refractivity contribution is 4.60. The molecule has 0 aromatic carbocycles. The van der Waals surface area contributed by atoms with Gasteiger partial charge < -0.3 is 5.73 Å². The smallest absolute Gasteiger partial charge is 0.00746 e. The van der Waals surface area contributed by atoms with Crippen LogP contribution >= 0.6 is 0 Å². The van der Waals surface area contributed by atoms with E-state index in [-0.39, 0.29) is 0 Å². The van der Waals surface area contributed by atoms with Gasteiger partial charge in [-0.3, -0.25) is 0 Å². The van der Waals surface area contributed by atoms with E-state index in [1.165, 1.54) is 57.8 Å². The van der Waals surface area contributed by atoms with Crippen LogP contribution in [0.4, 0.5) is 0 Å². The van der Waals surface area contributed by atoms with E-state index in [9.17, 15) is 0 Å². The maximum Gasteiger partial charge on any atom is -0.00746 e. The van der Waals surface area contributed by atoms with Crippen LogP contribution in [0, 0.1) is 5.92 Å². The lowest BCUT2D eigenvalue weighted by Crippen LogP contribution is -2.09. The van der Waals surface area contributed by atoms with Crippen molar-refractivity contribution in [3.05, 3.63) is 0 Å². The topological polar surface area (TPSA) is 26.0 Å². The van der Waals surface area contributed by atoms with E-state index < -0.39 is 0 Å². The lowest BCUT2D eigenvalue weighted by atomic mass is 9.92. The number of unbranched alkanes of at least 4 members (excludes halogenated alkanes) is 4. The molecule has 0 radical (unpaired) electrons. The third kappa shape index (κ3) is 8.55. The van der Waals surface area contributed by atoms with Gasteiger partial charge in [-0.1, -0.05) is 65.2 Å². The summed E-state index contributed by atoms with van der Waals surface area (Å²) in [6, 6.07) is 0. The third-order valence-corrected chi connectivity index (χ3v) is 3.01. The second-order valence-electron chi connectivity index (χ2n) is 4.43. The van der Waals surface area contributed by atoms with Gasteiger partial charge in [0.05, 0.1) is 0 Å². The second-order valence-corrected chi connectivity index (χ2v) is 4.43. The summed E-state index contributed by atoms with van der Waals surface area (Å²) in [7, 11) is 0. The van der Waals surface area contributed by atoms with Gasteiger partial charge in [-0.25, -0.2) is 0 Å². The molecule has 14 heavy (non-hydrogen) atoms. The minimum atomic E-state index is 0.878. The Balaban J connectivity index is 3.44. The van der Waals surface area contributed by atoms with E-state index in [0.29, 0.717) is 0 Å². The fourth-order valence-corrected chi connectivity index (χ4v) is 2.03. The van der Waals surface area contributed by atoms with Gasteiger partial charge in [0.2, 0.25) is 0 Å². The molecule has 0 aliphatic rings. The molecule has 86 valence electrons. The fourth-order valence-electron chi connectivity index (χ4n) is 2.03. The van der Waals surface area contributed by atoms with Crippen LogP contribution in [0.25, 0.3) is 0 Å². The molecule has 0 spiro atoms. The summed E-state index contributed by atoms with van der Waals surface area (Å²) in [5.74, 6) is 0.915. The van der Waals surface area contributed by atoms with Crippen molar-refractivity contribution >= 4 is 0 Å². The standard InChI is InChI=1S/C13H29N/c1-3-5-7-9-13(11-12-14)10-8-6-4-2/h13H,3-12,14H2,1-2H3. The third-order valence-electron chi connectivity index (χ3n) is 3.01. The van der Waals surface area contributed by atoms with E-state index in [1.807, 2.05) is 0 Å². The molecule has 0 aliphatic carbocycles. The van der Waals surface area contributed by atoms with Gasteiger partial charge >= 0.3 is 0 Å². The SMILES string of the molecule is CCCCCC(CCN)CCCCC. The summed E-state index contributed by atoms with van der Waals surface area (Å²) in [4.78, 5) is 0. The Morgan fingerprint density at radius 2 is 1.29 bits per heavy atom. The Labute approximate surface area is 90.5 Å². The molecule has 0 saturated heterocycles. The van der Waals surface area contributed by atoms with E-state index in [1.54, 1.807) is 0 Å². The van der Waals surface area contributed by atoms with Crippen LogP contribution in [0.15, 0.2) is 0 Å². The zero-order valence-electron chi connectivity index (χ0n) is 10.2. The second kappa shape index (κ2) is 11.0. The van der Waals surface area contributed by atoms with Gasteiger partial charge in [0.1, 0.15) is 0 Å². The Morgan fingerprint density at radius 1 is 0.786 bits per heavy atom. The summed E-state index contributed by atoms with van der Waals surface area (Å²) >= 11 is 0. The average molecular weight is 199 g/mol. The van der Waals surface area contributed by atoms with Crippen molar-refractivity contribution in [3.63, 3.8) is 0 Å². The summed E-state index contributed by atoms with van der Waals surface area (Å²) < 4.78 is 0. The zero-order chi connectivity index (χ0) is 10.6. The van der Waals surface area contributed by atoms with Crippen molar-refractivity contribution in [2.24, 2.45) is 11.7 Å². The Morgan fingerprint density at radius 3 is 1.64 bits per heavy atom. The first-order valence-electron chi connectivity index (χ1n) is 6.55. The summed E-state index contributed by atoms with van der Waals surface area (Å²) in [6.07, 6.45) is 12.4. The van der Waals surface area contributed by atoms with Crippen molar-refractivity contribution in [3.8, 4) is 0 Å². The quantitative estimate of drug-likeness (QED) is 0.526. The average Bonchev–Trinajstić information content (AvgIpc) is 2.18. The number of hydrogen-bond acceptors (Lipinski definition) is 1. The summed E-state index contributed by atoms with van der Waals surface area (Å²) in [5.41, 5.74) is 5.64. The Bertz CT molecular complexity index is 91.4. The monoisotopic (exact) mass is 199 g/mol.